The smallest absolute Gasteiger partial charge is 0.158 e. The van der Waals surface area contributed by atoms with Crippen molar-refractivity contribution < 1.29 is 4.79 Å². The van der Waals surface area contributed by atoms with Crippen LogP contribution in [0.4, 0.5) is 0 Å². The van der Waals surface area contributed by atoms with E-state index in [0.29, 0.717) is 6.42 Å². The van der Waals surface area contributed by atoms with Crippen molar-refractivity contribution in [2.45, 2.75) is 39.5 Å². The van der Waals surface area contributed by atoms with Crippen molar-refractivity contribution in [2.24, 2.45) is 10.8 Å². The Hall–Kier alpha value is -1.14. The van der Waals surface area contributed by atoms with Crippen LogP contribution >= 0.6 is 11.3 Å². The van der Waals surface area contributed by atoms with Crippen LogP contribution in [0.3, 0.4) is 0 Å². The van der Waals surface area contributed by atoms with Gasteiger partial charge in [-0.15, -0.1) is 11.3 Å². The molecule has 1 heterocycles. The van der Waals surface area contributed by atoms with Gasteiger partial charge in [-0.1, -0.05) is 19.9 Å². The van der Waals surface area contributed by atoms with E-state index in [1.165, 1.54) is 4.88 Å². The molecule has 1 aliphatic carbocycles. The van der Waals surface area contributed by atoms with Crippen LogP contribution in [0.25, 0.3) is 0 Å². The lowest BCUT2D eigenvalue weighted by molar-refractivity contribution is -0.130. The molecule has 0 bridgehead atoms. The zero-order valence-electron chi connectivity index (χ0n) is 10.3. The predicted octanol–water partition coefficient (Wildman–Crippen LogP) is 3.58. The lowest BCUT2D eigenvalue weighted by Gasteiger charge is -2.21. The Kier molecular flexibility index (Phi) is 3.09. The Morgan fingerprint density at radius 3 is 2.71 bits per heavy atom. The number of carbonyl (C=O) groups excluding carboxylic acids is 1. The lowest BCUT2D eigenvalue weighted by Crippen LogP contribution is -2.31. The Morgan fingerprint density at radius 2 is 2.24 bits per heavy atom. The third-order valence-electron chi connectivity index (χ3n) is 3.82. The molecule has 1 aromatic rings. The highest BCUT2D eigenvalue weighted by Gasteiger charge is 2.51. The van der Waals surface area contributed by atoms with Gasteiger partial charge in [0.15, 0.2) is 5.78 Å². The summed E-state index contributed by atoms with van der Waals surface area (Å²) in [6.07, 6.45) is 3.07. The molecule has 1 fully saturated rings. The van der Waals surface area contributed by atoms with Crippen molar-refractivity contribution in [3.05, 3.63) is 22.4 Å². The van der Waals surface area contributed by atoms with Crippen LogP contribution in [0.5, 0.6) is 0 Å². The zero-order valence-corrected chi connectivity index (χ0v) is 11.1. The van der Waals surface area contributed by atoms with Gasteiger partial charge in [0.05, 0.1) is 6.07 Å². The summed E-state index contributed by atoms with van der Waals surface area (Å²) in [5, 5.41) is 11.4. The molecule has 2 nitrogen and oxygen atoms in total. The number of aryl methyl sites for hydroxylation is 1. The second-order valence-electron chi connectivity index (χ2n) is 5.49. The maximum atomic E-state index is 12.3. The van der Waals surface area contributed by atoms with E-state index in [9.17, 15) is 10.1 Å². The van der Waals surface area contributed by atoms with Crippen molar-refractivity contribution in [3.63, 3.8) is 0 Å². The molecule has 1 atom stereocenters. The van der Waals surface area contributed by atoms with Crippen LogP contribution < -0.4 is 0 Å². The second-order valence-corrected chi connectivity index (χ2v) is 6.52. The number of Topliss-reactive ketones (excluding diaryl/α,β-unsaturated/α-hetero) is 1. The standard InChI is InChI=1S/C14H17NOS/c1-13(2)7-8-14(10-15,12(13)16)6-5-11-4-3-9-17-11/h3-4,9H,5-8H2,1-2H3. The van der Waals surface area contributed by atoms with Crippen LogP contribution in [0, 0.1) is 22.2 Å². The summed E-state index contributed by atoms with van der Waals surface area (Å²) >= 11 is 1.70. The van der Waals surface area contributed by atoms with Gasteiger partial charge in [0.2, 0.25) is 0 Å². The van der Waals surface area contributed by atoms with E-state index in [1.807, 2.05) is 25.3 Å². The highest BCUT2D eigenvalue weighted by molar-refractivity contribution is 7.09. The molecule has 3 heteroatoms. The molecule has 1 unspecified atom stereocenters. The summed E-state index contributed by atoms with van der Waals surface area (Å²) in [5.41, 5.74) is -1.04. The lowest BCUT2D eigenvalue weighted by atomic mass is 9.78. The highest BCUT2D eigenvalue weighted by Crippen LogP contribution is 2.48. The Labute approximate surface area is 106 Å². The van der Waals surface area contributed by atoms with Gasteiger partial charge in [0.1, 0.15) is 5.41 Å². The number of ketones is 1. The van der Waals surface area contributed by atoms with E-state index in [4.69, 9.17) is 0 Å². The van der Waals surface area contributed by atoms with E-state index >= 15 is 0 Å². The van der Waals surface area contributed by atoms with Crippen molar-refractivity contribution in [2.75, 3.05) is 0 Å². The maximum absolute atomic E-state index is 12.3. The third kappa shape index (κ3) is 2.14. The fourth-order valence-corrected chi connectivity index (χ4v) is 3.30. The predicted molar refractivity (Wildman–Crippen MR) is 68.7 cm³/mol. The fraction of sp³-hybridized carbons (Fsp3) is 0.571. The minimum atomic E-state index is -0.729. The van der Waals surface area contributed by atoms with Gasteiger partial charge in [-0.2, -0.15) is 5.26 Å². The van der Waals surface area contributed by atoms with Gasteiger partial charge in [0, 0.05) is 10.3 Å². The Bertz CT molecular complexity index is 455. The van der Waals surface area contributed by atoms with E-state index in [1.54, 1.807) is 11.3 Å². The molecular formula is C14H17NOS. The van der Waals surface area contributed by atoms with Crippen LogP contribution in [0.2, 0.25) is 0 Å². The SMILES string of the molecule is CC1(C)CCC(C#N)(CCc2cccs2)C1=O. The first-order valence-corrected chi connectivity index (χ1v) is 6.87. The quantitative estimate of drug-likeness (QED) is 0.819. The van der Waals surface area contributed by atoms with Crippen molar-refractivity contribution in [1.29, 1.82) is 5.26 Å². The van der Waals surface area contributed by atoms with Crippen LogP contribution in [0.15, 0.2) is 17.5 Å². The molecule has 0 saturated heterocycles. The summed E-state index contributed by atoms with van der Waals surface area (Å²) in [4.78, 5) is 13.6. The molecule has 0 radical (unpaired) electrons. The molecule has 1 aromatic heterocycles. The van der Waals surface area contributed by atoms with Gasteiger partial charge >= 0.3 is 0 Å². The normalized spacial score (nSPS) is 27.0. The molecule has 1 aliphatic rings. The summed E-state index contributed by atoms with van der Waals surface area (Å²) < 4.78 is 0. The fourth-order valence-electron chi connectivity index (χ4n) is 2.59. The molecule has 2 rings (SSSR count). The first-order chi connectivity index (χ1) is 8.00. The molecule has 0 N–H and O–H groups in total. The van der Waals surface area contributed by atoms with Gasteiger partial charge < -0.3 is 0 Å². The number of carbonyl (C=O) groups is 1. The Balaban J connectivity index is 2.12. The maximum Gasteiger partial charge on any atom is 0.158 e. The van der Waals surface area contributed by atoms with Crippen LogP contribution in [0.1, 0.15) is 38.0 Å². The van der Waals surface area contributed by atoms with Crippen LogP contribution in [-0.2, 0) is 11.2 Å². The molecule has 1 saturated carbocycles. The van der Waals surface area contributed by atoms with Crippen molar-refractivity contribution >= 4 is 17.1 Å². The van der Waals surface area contributed by atoms with Crippen molar-refractivity contribution in [3.8, 4) is 6.07 Å². The average Bonchev–Trinajstić information content (AvgIpc) is 2.88. The number of hydrogen-bond acceptors (Lipinski definition) is 3. The molecule has 17 heavy (non-hydrogen) atoms. The van der Waals surface area contributed by atoms with Crippen molar-refractivity contribution in [1.82, 2.24) is 0 Å². The van der Waals surface area contributed by atoms with E-state index in [0.717, 1.165) is 19.3 Å². The van der Waals surface area contributed by atoms with Crippen LogP contribution in [-0.4, -0.2) is 5.78 Å². The number of nitriles is 1. The second kappa shape index (κ2) is 4.27. The largest absolute Gasteiger partial charge is 0.297 e. The number of thiophene rings is 1. The molecule has 0 aromatic carbocycles. The topological polar surface area (TPSA) is 40.9 Å². The summed E-state index contributed by atoms with van der Waals surface area (Å²) in [5.74, 6) is 0.143. The van der Waals surface area contributed by atoms with Gasteiger partial charge in [-0.25, -0.2) is 0 Å². The summed E-state index contributed by atoms with van der Waals surface area (Å²) in [6.45, 7) is 3.92. The van der Waals surface area contributed by atoms with Gasteiger partial charge in [-0.3, -0.25) is 4.79 Å². The first-order valence-electron chi connectivity index (χ1n) is 5.99. The highest BCUT2D eigenvalue weighted by atomic mass is 32.1. The number of rotatable bonds is 3. The minimum Gasteiger partial charge on any atom is -0.297 e. The molecule has 90 valence electrons. The zero-order chi connectivity index (χ0) is 12.5. The monoisotopic (exact) mass is 247 g/mol. The molecule has 0 spiro atoms. The van der Waals surface area contributed by atoms with Gasteiger partial charge in [-0.05, 0) is 37.1 Å². The number of hydrogen-bond donors (Lipinski definition) is 0. The Morgan fingerprint density at radius 1 is 1.47 bits per heavy atom. The third-order valence-corrected chi connectivity index (χ3v) is 4.75. The molecule has 0 aliphatic heterocycles. The van der Waals surface area contributed by atoms with E-state index in [2.05, 4.69) is 12.1 Å². The number of nitrogens with zero attached hydrogens (tertiary/aromatic N) is 1. The van der Waals surface area contributed by atoms with E-state index < -0.39 is 5.41 Å². The first kappa shape index (κ1) is 12.3. The average molecular weight is 247 g/mol. The minimum absolute atomic E-state index is 0.143. The summed E-state index contributed by atoms with van der Waals surface area (Å²) in [7, 11) is 0. The van der Waals surface area contributed by atoms with Gasteiger partial charge in [0.25, 0.3) is 0 Å². The molecule has 0 amide bonds. The molecular weight excluding hydrogens is 230 g/mol. The van der Waals surface area contributed by atoms with E-state index in [-0.39, 0.29) is 11.2 Å². The summed E-state index contributed by atoms with van der Waals surface area (Å²) in [6, 6.07) is 6.38.